The molecule has 0 radical (unpaired) electrons. The molecular formula is C12H13Cl2NS2. The predicted molar refractivity (Wildman–Crippen MR) is 78.9 cm³/mol. The first-order chi connectivity index (χ1) is 8.11. The molecule has 1 N–H and O–H groups in total. The number of aryl methyl sites for hydroxylation is 1. The molecule has 17 heavy (non-hydrogen) atoms. The summed E-state index contributed by atoms with van der Waals surface area (Å²) in [6.45, 7) is 2.04. The normalized spacial score (nSPS) is 12.9. The van der Waals surface area contributed by atoms with Gasteiger partial charge in [-0.05, 0) is 37.0 Å². The average Bonchev–Trinajstić information content (AvgIpc) is 2.85. The van der Waals surface area contributed by atoms with Gasteiger partial charge in [0.1, 0.15) is 0 Å². The van der Waals surface area contributed by atoms with Crippen LogP contribution in [0.3, 0.4) is 0 Å². The molecule has 0 spiro atoms. The van der Waals surface area contributed by atoms with Gasteiger partial charge in [0, 0.05) is 22.2 Å². The Kier molecular flexibility index (Phi) is 4.50. The highest BCUT2D eigenvalue weighted by Gasteiger charge is 2.17. The van der Waals surface area contributed by atoms with E-state index in [-0.39, 0.29) is 6.04 Å². The maximum atomic E-state index is 6.30. The molecule has 0 aliphatic carbocycles. The molecule has 2 aromatic heterocycles. The fourth-order valence-corrected chi connectivity index (χ4v) is 4.24. The van der Waals surface area contributed by atoms with E-state index in [0.717, 1.165) is 21.3 Å². The lowest BCUT2D eigenvalue weighted by atomic mass is 10.1. The van der Waals surface area contributed by atoms with Gasteiger partial charge in [-0.3, -0.25) is 0 Å². The van der Waals surface area contributed by atoms with Crippen LogP contribution in [0.15, 0.2) is 17.5 Å². The highest BCUT2D eigenvalue weighted by atomic mass is 35.5. The number of likely N-dealkylation sites (N-methyl/N-ethyl adjacent to an activating group) is 1. The molecule has 2 rings (SSSR count). The lowest BCUT2D eigenvalue weighted by Crippen LogP contribution is -2.17. The van der Waals surface area contributed by atoms with Crippen molar-refractivity contribution in [1.82, 2.24) is 5.32 Å². The Labute approximate surface area is 119 Å². The van der Waals surface area contributed by atoms with E-state index >= 15 is 0 Å². The Hall–Kier alpha value is -0.0600. The molecule has 0 saturated heterocycles. The van der Waals surface area contributed by atoms with E-state index in [9.17, 15) is 0 Å². The first-order valence-electron chi connectivity index (χ1n) is 5.26. The van der Waals surface area contributed by atoms with Gasteiger partial charge in [-0.1, -0.05) is 23.2 Å². The number of hydrogen-bond acceptors (Lipinski definition) is 3. The van der Waals surface area contributed by atoms with E-state index in [1.54, 1.807) is 22.7 Å². The number of nitrogens with one attached hydrogen (secondary N) is 1. The van der Waals surface area contributed by atoms with E-state index in [1.165, 1.54) is 9.75 Å². The van der Waals surface area contributed by atoms with Crippen LogP contribution in [0.2, 0.25) is 9.36 Å². The Bertz CT molecular complexity index is 504. The van der Waals surface area contributed by atoms with E-state index in [0.29, 0.717) is 0 Å². The third-order valence-corrected chi connectivity index (χ3v) is 5.71. The predicted octanol–water partition coefficient (Wildman–Crippen LogP) is 4.93. The number of hydrogen-bond donors (Lipinski definition) is 1. The molecule has 2 heterocycles. The van der Waals surface area contributed by atoms with Crippen molar-refractivity contribution in [2.24, 2.45) is 0 Å². The SMILES string of the molecule is CNC(Cc1ccc(Cl)s1)c1scc(C)c1Cl. The van der Waals surface area contributed by atoms with Gasteiger partial charge in [0.2, 0.25) is 0 Å². The first kappa shape index (κ1) is 13.4. The molecule has 1 unspecified atom stereocenters. The lowest BCUT2D eigenvalue weighted by Gasteiger charge is -2.14. The third kappa shape index (κ3) is 3.04. The summed E-state index contributed by atoms with van der Waals surface area (Å²) in [5.74, 6) is 0. The molecule has 0 amide bonds. The molecule has 1 atom stereocenters. The summed E-state index contributed by atoms with van der Waals surface area (Å²) < 4.78 is 0.836. The molecule has 0 saturated carbocycles. The fraction of sp³-hybridized carbons (Fsp3) is 0.333. The van der Waals surface area contributed by atoms with E-state index in [2.05, 4.69) is 16.8 Å². The topological polar surface area (TPSA) is 12.0 Å². The van der Waals surface area contributed by atoms with Crippen molar-refractivity contribution in [3.63, 3.8) is 0 Å². The standard InChI is InChI=1S/C12H13Cl2NS2/c1-7-6-16-12(11(7)14)9(15-2)5-8-3-4-10(13)17-8/h3-4,6,9,15H,5H2,1-2H3. The quantitative estimate of drug-likeness (QED) is 0.844. The van der Waals surface area contributed by atoms with Crippen molar-refractivity contribution in [3.05, 3.63) is 42.2 Å². The molecule has 1 nitrogen and oxygen atoms in total. The van der Waals surface area contributed by atoms with Gasteiger partial charge in [-0.25, -0.2) is 0 Å². The summed E-state index contributed by atoms with van der Waals surface area (Å²) in [7, 11) is 1.96. The third-order valence-electron chi connectivity index (χ3n) is 2.62. The van der Waals surface area contributed by atoms with Crippen molar-refractivity contribution in [3.8, 4) is 0 Å². The van der Waals surface area contributed by atoms with E-state index < -0.39 is 0 Å². The van der Waals surface area contributed by atoms with Gasteiger partial charge < -0.3 is 5.32 Å². The summed E-state index contributed by atoms with van der Waals surface area (Å²) in [5.41, 5.74) is 1.15. The number of rotatable bonds is 4. The van der Waals surface area contributed by atoms with Crippen LogP contribution in [0, 0.1) is 6.92 Å². The largest absolute Gasteiger partial charge is 0.312 e. The van der Waals surface area contributed by atoms with Crippen LogP contribution in [0.1, 0.15) is 21.4 Å². The molecule has 92 valence electrons. The molecular weight excluding hydrogens is 293 g/mol. The maximum absolute atomic E-state index is 6.30. The highest BCUT2D eigenvalue weighted by molar-refractivity contribution is 7.16. The minimum atomic E-state index is 0.260. The van der Waals surface area contributed by atoms with Crippen LogP contribution < -0.4 is 5.32 Å². The van der Waals surface area contributed by atoms with Crippen molar-refractivity contribution in [2.75, 3.05) is 7.05 Å². The zero-order valence-corrected chi connectivity index (χ0v) is 12.7. The smallest absolute Gasteiger partial charge is 0.0931 e. The monoisotopic (exact) mass is 305 g/mol. The number of halogens is 2. The second-order valence-corrected chi connectivity index (χ2v) is 6.94. The van der Waals surface area contributed by atoms with Gasteiger partial charge in [0.05, 0.1) is 9.36 Å². The van der Waals surface area contributed by atoms with Crippen LogP contribution >= 0.6 is 45.9 Å². The first-order valence-corrected chi connectivity index (χ1v) is 7.72. The fourth-order valence-electron chi connectivity index (χ4n) is 1.67. The van der Waals surface area contributed by atoms with Gasteiger partial charge in [0.15, 0.2) is 0 Å². The minimum absolute atomic E-state index is 0.260. The zero-order chi connectivity index (χ0) is 12.4. The molecule has 2 aromatic rings. The molecule has 0 fully saturated rings. The average molecular weight is 306 g/mol. The van der Waals surface area contributed by atoms with Crippen LogP contribution in [0.25, 0.3) is 0 Å². The molecule has 0 bridgehead atoms. The second-order valence-electron chi connectivity index (χ2n) is 3.85. The van der Waals surface area contributed by atoms with E-state index in [4.69, 9.17) is 23.2 Å². The summed E-state index contributed by atoms with van der Waals surface area (Å²) in [4.78, 5) is 2.48. The van der Waals surface area contributed by atoms with Crippen molar-refractivity contribution in [1.29, 1.82) is 0 Å². The Morgan fingerprint density at radius 3 is 2.59 bits per heavy atom. The van der Waals surface area contributed by atoms with E-state index in [1.807, 2.05) is 20.0 Å². The molecule has 5 heteroatoms. The summed E-state index contributed by atoms with van der Waals surface area (Å²) >= 11 is 15.6. The summed E-state index contributed by atoms with van der Waals surface area (Å²) in [5, 5.41) is 6.31. The Morgan fingerprint density at radius 1 is 1.35 bits per heavy atom. The Morgan fingerprint density at radius 2 is 2.12 bits per heavy atom. The lowest BCUT2D eigenvalue weighted by molar-refractivity contribution is 0.607. The van der Waals surface area contributed by atoms with Gasteiger partial charge in [0.25, 0.3) is 0 Å². The van der Waals surface area contributed by atoms with Crippen LogP contribution in [-0.2, 0) is 6.42 Å². The second kappa shape index (κ2) is 5.72. The van der Waals surface area contributed by atoms with Crippen LogP contribution in [0.4, 0.5) is 0 Å². The number of thiophene rings is 2. The molecule has 0 aliphatic rings. The summed E-state index contributed by atoms with van der Waals surface area (Å²) in [6.07, 6.45) is 0.924. The maximum Gasteiger partial charge on any atom is 0.0931 e. The van der Waals surface area contributed by atoms with Gasteiger partial charge in [-0.2, -0.15) is 0 Å². The summed E-state index contributed by atoms with van der Waals surface area (Å²) in [6, 6.07) is 4.28. The van der Waals surface area contributed by atoms with Crippen molar-refractivity contribution >= 4 is 45.9 Å². The van der Waals surface area contributed by atoms with Crippen LogP contribution in [-0.4, -0.2) is 7.05 Å². The molecule has 0 aliphatic heterocycles. The zero-order valence-electron chi connectivity index (χ0n) is 9.59. The highest BCUT2D eigenvalue weighted by Crippen LogP contribution is 2.35. The van der Waals surface area contributed by atoms with Gasteiger partial charge in [-0.15, -0.1) is 22.7 Å². The van der Waals surface area contributed by atoms with Crippen molar-refractivity contribution < 1.29 is 0 Å². The van der Waals surface area contributed by atoms with Gasteiger partial charge >= 0.3 is 0 Å². The molecule has 0 aromatic carbocycles. The van der Waals surface area contributed by atoms with Crippen molar-refractivity contribution in [2.45, 2.75) is 19.4 Å². The Balaban J connectivity index is 2.19. The minimum Gasteiger partial charge on any atom is -0.312 e. The van der Waals surface area contributed by atoms with Crippen LogP contribution in [0.5, 0.6) is 0 Å².